The first-order valence-corrected chi connectivity index (χ1v) is 6.79. The van der Waals surface area contributed by atoms with E-state index in [-0.39, 0.29) is 5.78 Å². The number of hydrogen-bond donors (Lipinski definition) is 0. The van der Waals surface area contributed by atoms with Gasteiger partial charge < -0.3 is 4.74 Å². The van der Waals surface area contributed by atoms with Gasteiger partial charge in [-0.3, -0.25) is 4.79 Å². The smallest absolute Gasteiger partial charge is 0.168 e. The van der Waals surface area contributed by atoms with E-state index in [4.69, 9.17) is 4.74 Å². The van der Waals surface area contributed by atoms with Crippen molar-refractivity contribution in [1.29, 1.82) is 0 Å². The Morgan fingerprint density at radius 3 is 2.44 bits per heavy atom. The van der Waals surface area contributed by atoms with Crippen molar-refractivity contribution in [3.63, 3.8) is 0 Å². The molecule has 0 atom stereocenters. The molecule has 0 radical (unpaired) electrons. The minimum atomic E-state index is -0.525. The predicted octanol–water partition coefficient (Wildman–Crippen LogP) is 3.39. The van der Waals surface area contributed by atoms with Crippen molar-refractivity contribution in [2.24, 2.45) is 5.92 Å². The lowest BCUT2D eigenvalue weighted by atomic mass is 9.76. The van der Waals surface area contributed by atoms with Gasteiger partial charge in [0.2, 0.25) is 0 Å². The Balaban J connectivity index is 2.06. The van der Waals surface area contributed by atoms with Gasteiger partial charge >= 0.3 is 0 Å². The van der Waals surface area contributed by atoms with E-state index in [9.17, 15) is 4.79 Å². The van der Waals surface area contributed by atoms with Gasteiger partial charge in [-0.05, 0) is 37.2 Å². The fraction of sp³-hybridized carbons (Fsp3) is 0.562. The fourth-order valence-corrected chi connectivity index (χ4v) is 2.77. The van der Waals surface area contributed by atoms with E-state index in [0.717, 1.165) is 37.2 Å². The Morgan fingerprint density at radius 1 is 1.28 bits per heavy atom. The summed E-state index contributed by atoms with van der Waals surface area (Å²) in [6, 6.07) is 9.94. The van der Waals surface area contributed by atoms with Crippen LogP contribution in [0.3, 0.4) is 0 Å². The van der Waals surface area contributed by atoms with E-state index in [1.165, 1.54) is 0 Å². The molecule has 2 rings (SSSR count). The number of rotatable bonds is 4. The number of methoxy groups -OCH3 is 1. The van der Waals surface area contributed by atoms with E-state index < -0.39 is 5.60 Å². The molecule has 1 aliphatic rings. The quantitative estimate of drug-likeness (QED) is 0.814. The maximum Gasteiger partial charge on any atom is 0.168 e. The summed E-state index contributed by atoms with van der Waals surface area (Å²) >= 11 is 0. The van der Waals surface area contributed by atoms with Crippen molar-refractivity contribution >= 4 is 5.78 Å². The Labute approximate surface area is 109 Å². The molecule has 0 aliphatic heterocycles. The Morgan fingerprint density at radius 2 is 1.89 bits per heavy atom. The number of carbonyl (C=O) groups is 1. The van der Waals surface area contributed by atoms with Crippen LogP contribution in [0, 0.1) is 5.92 Å². The van der Waals surface area contributed by atoms with E-state index >= 15 is 0 Å². The average molecular weight is 246 g/mol. The molecule has 0 amide bonds. The Kier molecular flexibility index (Phi) is 4.18. The molecular weight excluding hydrogens is 224 g/mol. The molecule has 2 heteroatoms. The van der Waals surface area contributed by atoms with Gasteiger partial charge in [0.15, 0.2) is 5.78 Å². The van der Waals surface area contributed by atoms with Gasteiger partial charge in [-0.2, -0.15) is 0 Å². The van der Waals surface area contributed by atoms with E-state index in [1.807, 2.05) is 30.3 Å². The zero-order valence-corrected chi connectivity index (χ0v) is 11.3. The fourth-order valence-electron chi connectivity index (χ4n) is 2.77. The highest BCUT2D eigenvalue weighted by Crippen LogP contribution is 2.35. The van der Waals surface area contributed by atoms with Crippen LogP contribution in [0.4, 0.5) is 0 Å². The number of ether oxygens (including phenoxy) is 1. The van der Waals surface area contributed by atoms with Gasteiger partial charge in [0.25, 0.3) is 0 Å². The summed E-state index contributed by atoms with van der Waals surface area (Å²) in [6.45, 7) is 2.25. The lowest BCUT2D eigenvalue weighted by Gasteiger charge is -2.37. The SMILES string of the molecule is COC1(C(=O)Cc2ccccc2)CCC(C)CC1. The third-order valence-electron chi connectivity index (χ3n) is 4.19. The molecule has 0 bridgehead atoms. The van der Waals surface area contributed by atoms with Gasteiger partial charge in [-0.25, -0.2) is 0 Å². The van der Waals surface area contributed by atoms with E-state index in [1.54, 1.807) is 7.11 Å². The van der Waals surface area contributed by atoms with Crippen LogP contribution in [0.1, 0.15) is 38.2 Å². The van der Waals surface area contributed by atoms with Gasteiger partial charge in [-0.1, -0.05) is 37.3 Å². The molecule has 18 heavy (non-hydrogen) atoms. The maximum absolute atomic E-state index is 12.5. The molecule has 98 valence electrons. The van der Waals surface area contributed by atoms with Crippen molar-refractivity contribution in [1.82, 2.24) is 0 Å². The minimum absolute atomic E-state index is 0.239. The van der Waals surface area contributed by atoms with E-state index in [2.05, 4.69) is 6.92 Å². The van der Waals surface area contributed by atoms with Crippen LogP contribution in [-0.4, -0.2) is 18.5 Å². The first-order valence-electron chi connectivity index (χ1n) is 6.79. The summed E-state index contributed by atoms with van der Waals surface area (Å²) in [7, 11) is 1.68. The second kappa shape index (κ2) is 5.66. The highest BCUT2D eigenvalue weighted by atomic mass is 16.5. The summed E-state index contributed by atoms with van der Waals surface area (Å²) < 4.78 is 5.61. The molecule has 0 unspecified atom stereocenters. The monoisotopic (exact) mass is 246 g/mol. The molecule has 0 saturated heterocycles. The van der Waals surface area contributed by atoms with Gasteiger partial charge in [0.05, 0.1) is 0 Å². The van der Waals surface area contributed by atoms with Crippen LogP contribution < -0.4 is 0 Å². The molecule has 1 aliphatic carbocycles. The third-order valence-corrected chi connectivity index (χ3v) is 4.19. The highest BCUT2D eigenvalue weighted by molar-refractivity contribution is 5.89. The van der Waals surface area contributed by atoms with Crippen molar-refractivity contribution in [3.05, 3.63) is 35.9 Å². The molecule has 0 heterocycles. The lowest BCUT2D eigenvalue weighted by Crippen LogP contribution is -2.44. The first-order chi connectivity index (χ1) is 8.66. The van der Waals surface area contributed by atoms with Crippen molar-refractivity contribution in [3.8, 4) is 0 Å². The van der Waals surface area contributed by atoms with Gasteiger partial charge in [0, 0.05) is 13.5 Å². The molecule has 1 aromatic carbocycles. The van der Waals surface area contributed by atoms with Crippen LogP contribution >= 0.6 is 0 Å². The zero-order valence-electron chi connectivity index (χ0n) is 11.3. The summed E-state index contributed by atoms with van der Waals surface area (Å²) in [5.41, 5.74) is 0.556. The molecule has 0 N–H and O–H groups in total. The number of hydrogen-bond acceptors (Lipinski definition) is 2. The number of ketones is 1. The molecule has 1 fully saturated rings. The molecule has 0 aromatic heterocycles. The van der Waals surface area contributed by atoms with Crippen LogP contribution in [0.15, 0.2) is 30.3 Å². The van der Waals surface area contributed by atoms with Crippen LogP contribution in [0.5, 0.6) is 0 Å². The second-order valence-corrected chi connectivity index (χ2v) is 5.47. The second-order valence-electron chi connectivity index (χ2n) is 5.47. The van der Waals surface area contributed by atoms with Gasteiger partial charge in [-0.15, -0.1) is 0 Å². The van der Waals surface area contributed by atoms with Gasteiger partial charge in [0.1, 0.15) is 5.60 Å². The van der Waals surface area contributed by atoms with Crippen LogP contribution in [0.2, 0.25) is 0 Å². The van der Waals surface area contributed by atoms with Crippen molar-refractivity contribution in [2.45, 2.75) is 44.6 Å². The Bertz CT molecular complexity index is 389. The average Bonchev–Trinajstić information content (AvgIpc) is 2.41. The number of Topliss-reactive ketones (excluding diaryl/α,β-unsaturated/α-hetero) is 1. The highest BCUT2D eigenvalue weighted by Gasteiger charge is 2.40. The van der Waals surface area contributed by atoms with Crippen LogP contribution in [-0.2, 0) is 16.0 Å². The normalized spacial score (nSPS) is 28.0. The lowest BCUT2D eigenvalue weighted by molar-refractivity contribution is -0.145. The summed E-state index contributed by atoms with van der Waals surface area (Å²) in [5.74, 6) is 0.959. The largest absolute Gasteiger partial charge is 0.370 e. The van der Waals surface area contributed by atoms with E-state index in [0.29, 0.717) is 6.42 Å². The number of benzene rings is 1. The minimum Gasteiger partial charge on any atom is -0.370 e. The number of carbonyl (C=O) groups excluding carboxylic acids is 1. The summed E-state index contributed by atoms with van der Waals surface area (Å²) in [5, 5.41) is 0. The molecular formula is C16H22O2. The molecule has 1 aromatic rings. The summed E-state index contributed by atoms with van der Waals surface area (Å²) in [4.78, 5) is 12.5. The topological polar surface area (TPSA) is 26.3 Å². The van der Waals surface area contributed by atoms with Crippen molar-refractivity contribution in [2.75, 3.05) is 7.11 Å². The van der Waals surface area contributed by atoms with Crippen molar-refractivity contribution < 1.29 is 9.53 Å². The Hall–Kier alpha value is -1.15. The molecule has 1 saturated carbocycles. The zero-order chi connectivity index (χ0) is 13.0. The predicted molar refractivity (Wildman–Crippen MR) is 72.5 cm³/mol. The standard InChI is InChI=1S/C16H22O2/c1-13-8-10-16(18-2,11-9-13)15(17)12-14-6-4-3-5-7-14/h3-7,13H,8-12H2,1-2H3. The molecule has 0 spiro atoms. The van der Waals surface area contributed by atoms with Crippen LogP contribution in [0.25, 0.3) is 0 Å². The third kappa shape index (κ3) is 2.81. The summed E-state index contributed by atoms with van der Waals surface area (Å²) in [6.07, 6.45) is 4.42. The first kappa shape index (κ1) is 13.3. The molecule has 2 nitrogen and oxygen atoms in total. The maximum atomic E-state index is 12.5.